The Kier molecular flexibility index (Phi) is 4.99. The molecule has 0 heterocycles. The number of methoxy groups -OCH3 is 1. The molecule has 1 aromatic rings. The molecule has 0 bridgehead atoms. The predicted molar refractivity (Wildman–Crippen MR) is 77.4 cm³/mol. The van der Waals surface area contributed by atoms with Crippen molar-refractivity contribution in [2.45, 2.75) is 32.6 Å². The summed E-state index contributed by atoms with van der Waals surface area (Å²) in [6, 6.07) is 4.49. The zero-order chi connectivity index (χ0) is 14.5. The van der Waals surface area contributed by atoms with Crippen LogP contribution in [0.4, 0.5) is 10.1 Å². The third-order valence-corrected chi connectivity index (χ3v) is 4.01. The molecule has 0 radical (unpaired) electrons. The van der Waals surface area contributed by atoms with E-state index in [1.807, 2.05) is 0 Å². The Bertz CT molecular complexity index is 476. The SMILES string of the molecule is COC(=O)c1cc(NCC2CCCC(C)C2)ccc1F. The Morgan fingerprint density at radius 2 is 2.25 bits per heavy atom. The van der Waals surface area contributed by atoms with Crippen molar-refractivity contribution in [3.63, 3.8) is 0 Å². The van der Waals surface area contributed by atoms with E-state index >= 15 is 0 Å². The topological polar surface area (TPSA) is 38.3 Å². The zero-order valence-corrected chi connectivity index (χ0v) is 12.1. The van der Waals surface area contributed by atoms with Crippen LogP contribution in [0, 0.1) is 17.7 Å². The van der Waals surface area contributed by atoms with E-state index < -0.39 is 11.8 Å². The number of halogens is 1. The third-order valence-electron chi connectivity index (χ3n) is 4.01. The highest BCUT2D eigenvalue weighted by atomic mass is 19.1. The summed E-state index contributed by atoms with van der Waals surface area (Å²) in [5.41, 5.74) is 0.750. The zero-order valence-electron chi connectivity index (χ0n) is 12.1. The summed E-state index contributed by atoms with van der Waals surface area (Å²) in [5.74, 6) is 0.255. The lowest BCUT2D eigenvalue weighted by Crippen LogP contribution is -2.21. The molecule has 1 aliphatic carbocycles. The molecule has 1 N–H and O–H groups in total. The average molecular weight is 279 g/mol. The number of ether oxygens (including phenoxy) is 1. The van der Waals surface area contributed by atoms with E-state index in [1.54, 1.807) is 6.07 Å². The van der Waals surface area contributed by atoms with E-state index in [-0.39, 0.29) is 5.56 Å². The summed E-state index contributed by atoms with van der Waals surface area (Å²) in [4.78, 5) is 11.4. The number of hydrogen-bond acceptors (Lipinski definition) is 3. The van der Waals surface area contributed by atoms with Gasteiger partial charge in [0.25, 0.3) is 0 Å². The summed E-state index contributed by atoms with van der Waals surface area (Å²) in [6.45, 7) is 3.16. The molecular formula is C16H22FNO2. The Labute approximate surface area is 119 Å². The first-order chi connectivity index (χ1) is 9.60. The molecule has 0 amide bonds. The van der Waals surface area contributed by atoms with E-state index in [9.17, 15) is 9.18 Å². The second-order valence-electron chi connectivity index (χ2n) is 5.70. The van der Waals surface area contributed by atoms with Crippen molar-refractivity contribution in [3.05, 3.63) is 29.6 Å². The predicted octanol–water partition coefficient (Wildman–Crippen LogP) is 3.85. The number of esters is 1. The fourth-order valence-electron chi connectivity index (χ4n) is 2.91. The molecule has 0 aliphatic heterocycles. The monoisotopic (exact) mass is 279 g/mol. The summed E-state index contributed by atoms with van der Waals surface area (Å²) in [7, 11) is 1.26. The number of anilines is 1. The van der Waals surface area contributed by atoms with Crippen LogP contribution in [0.1, 0.15) is 43.0 Å². The van der Waals surface area contributed by atoms with Crippen molar-refractivity contribution in [2.75, 3.05) is 19.0 Å². The van der Waals surface area contributed by atoms with Gasteiger partial charge in [-0.05, 0) is 42.9 Å². The Morgan fingerprint density at radius 1 is 1.45 bits per heavy atom. The number of nitrogens with one attached hydrogen (secondary N) is 1. The van der Waals surface area contributed by atoms with Crippen LogP contribution in [0.25, 0.3) is 0 Å². The standard InChI is InChI=1S/C16H22FNO2/c1-11-4-3-5-12(8-11)10-18-13-6-7-15(17)14(9-13)16(19)20-2/h6-7,9,11-12,18H,3-5,8,10H2,1-2H3. The second kappa shape index (κ2) is 6.73. The van der Waals surface area contributed by atoms with Crippen LogP contribution in [0.5, 0.6) is 0 Å². The molecule has 2 unspecified atom stereocenters. The van der Waals surface area contributed by atoms with Gasteiger partial charge in [-0.25, -0.2) is 9.18 Å². The first-order valence-electron chi connectivity index (χ1n) is 7.22. The smallest absolute Gasteiger partial charge is 0.340 e. The Balaban J connectivity index is 1.97. The van der Waals surface area contributed by atoms with Gasteiger partial charge in [0.15, 0.2) is 0 Å². The molecule has 4 heteroatoms. The van der Waals surface area contributed by atoms with Gasteiger partial charge in [-0.1, -0.05) is 19.8 Å². The number of hydrogen-bond donors (Lipinski definition) is 1. The van der Waals surface area contributed by atoms with E-state index in [1.165, 1.54) is 44.9 Å². The van der Waals surface area contributed by atoms with E-state index in [0.717, 1.165) is 18.2 Å². The summed E-state index contributed by atoms with van der Waals surface area (Å²) in [5, 5.41) is 3.31. The minimum absolute atomic E-state index is 0.0190. The molecule has 1 aromatic carbocycles. The van der Waals surface area contributed by atoms with Crippen molar-refractivity contribution >= 4 is 11.7 Å². The molecule has 20 heavy (non-hydrogen) atoms. The number of rotatable bonds is 4. The van der Waals surface area contributed by atoms with Gasteiger partial charge in [-0.3, -0.25) is 0 Å². The molecule has 3 nitrogen and oxygen atoms in total. The van der Waals surface area contributed by atoms with Crippen LogP contribution >= 0.6 is 0 Å². The van der Waals surface area contributed by atoms with Crippen LogP contribution in [0.3, 0.4) is 0 Å². The molecule has 2 atom stereocenters. The van der Waals surface area contributed by atoms with Gasteiger partial charge in [-0.2, -0.15) is 0 Å². The van der Waals surface area contributed by atoms with E-state index in [0.29, 0.717) is 5.92 Å². The minimum Gasteiger partial charge on any atom is -0.465 e. The minimum atomic E-state index is -0.641. The highest BCUT2D eigenvalue weighted by Crippen LogP contribution is 2.28. The van der Waals surface area contributed by atoms with Crippen molar-refractivity contribution in [2.24, 2.45) is 11.8 Å². The lowest BCUT2D eigenvalue weighted by Gasteiger charge is -2.27. The first kappa shape index (κ1) is 14.8. The number of benzene rings is 1. The average Bonchev–Trinajstić information content (AvgIpc) is 2.45. The molecule has 1 aliphatic rings. The first-order valence-corrected chi connectivity index (χ1v) is 7.22. The summed E-state index contributed by atoms with van der Waals surface area (Å²) < 4.78 is 18.1. The quantitative estimate of drug-likeness (QED) is 0.851. The number of carbonyl (C=O) groups excluding carboxylic acids is 1. The van der Waals surface area contributed by atoms with Crippen molar-refractivity contribution in [1.29, 1.82) is 0 Å². The van der Waals surface area contributed by atoms with Gasteiger partial charge in [0.05, 0.1) is 12.7 Å². The Morgan fingerprint density at radius 3 is 2.95 bits per heavy atom. The molecule has 110 valence electrons. The molecule has 0 spiro atoms. The maximum Gasteiger partial charge on any atom is 0.340 e. The lowest BCUT2D eigenvalue weighted by atomic mass is 9.82. The molecule has 1 saturated carbocycles. The molecule has 0 saturated heterocycles. The fraction of sp³-hybridized carbons (Fsp3) is 0.562. The van der Waals surface area contributed by atoms with Crippen LogP contribution in [0.2, 0.25) is 0 Å². The lowest BCUT2D eigenvalue weighted by molar-refractivity contribution is 0.0595. The van der Waals surface area contributed by atoms with Crippen LogP contribution in [-0.4, -0.2) is 19.6 Å². The molecule has 2 rings (SSSR count). The third kappa shape index (κ3) is 3.71. The second-order valence-corrected chi connectivity index (χ2v) is 5.70. The highest BCUT2D eigenvalue weighted by molar-refractivity contribution is 5.90. The van der Waals surface area contributed by atoms with Gasteiger partial charge < -0.3 is 10.1 Å². The largest absolute Gasteiger partial charge is 0.465 e. The van der Waals surface area contributed by atoms with E-state index in [2.05, 4.69) is 17.0 Å². The van der Waals surface area contributed by atoms with Gasteiger partial charge in [0.1, 0.15) is 5.82 Å². The molecular weight excluding hydrogens is 257 g/mol. The van der Waals surface area contributed by atoms with Gasteiger partial charge in [0.2, 0.25) is 0 Å². The van der Waals surface area contributed by atoms with Crippen LogP contribution < -0.4 is 5.32 Å². The fourth-order valence-corrected chi connectivity index (χ4v) is 2.91. The maximum atomic E-state index is 13.5. The van der Waals surface area contributed by atoms with Crippen molar-refractivity contribution < 1.29 is 13.9 Å². The normalized spacial score (nSPS) is 22.4. The Hall–Kier alpha value is -1.58. The van der Waals surface area contributed by atoms with Gasteiger partial charge >= 0.3 is 5.97 Å². The molecule has 0 aromatic heterocycles. The summed E-state index contributed by atoms with van der Waals surface area (Å²) in [6.07, 6.45) is 5.07. The van der Waals surface area contributed by atoms with Crippen molar-refractivity contribution in [3.8, 4) is 0 Å². The van der Waals surface area contributed by atoms with Crippen molar-refractivity contribution in [1.82, 2.24) is 0 Å². The maximum absolute atomic E-state index is 13.5. The summed E-state index contributed by atoms with van der Waals surface area (Å²) >= 11 is 0. The van der Waals surface area contributed by atoms with Crippen LogP contribution in [-0.2, 0) is 4.74 Å². The highest BCUT2D eigenvalue weighted by Gasteiger charge is 2.19. The number of carbonyl (C=O) groups is 1. The van der Waals surface area contributed by atoms with Crippen LogP contribution in [0.15, 0.2) is 18.2 Å². The van der Waals surface area contributed by atoms with Gasteiger partial charge in [0, 0.05) is 12.2 Å². The van der Waals surface area contributed by atoms with Gasteiger partial charge in [-0.15, -0.1) is 0 Å². The van der Waals surface area contributed by atoms with E-state index in [4.69, 9.17) is 0 Å². The molecule has 1 fully saturated rings.